The van der Waals surface area contributed by atoms with Crippen LogP contribution in [0.25, 0.3) is 10.6 Å². The molecule has 0 aliphatic rings. The van der Waals surface area contributed by atoms with Crippen LogP contribution in [-0.2, 0) is 4.79 Å². The van der Waals surface area contributed by atoms with E-state index in [0.717, 1.165) is 16.1 Å². The number of aryl methyl sites for hydroxylation is 1. The molecule has 0 bridgehead atoms. The van der Waals surface area contributed by atoms with Crippen LogP contribution in [0.3, 0.4) is 0 Å². The van der Waals surface area contributed by atoms with Crippen molar-refractivity contribution < 1.29 is 4.79 Å². The highest BCUT2D eigenvalue weighted by Crippen LogP contribution is 2.30. The molecule has 4 nitrogen and oxygen atoms in total. The van der Waals surface area contributed by atoms with Gasteiger partial charge in [0.25, 0.3) is 0 Å². The third-order valence-corrected chi connectivity index (χ3v) is 4.20. The molecule has 0 spiro atoms. The third-order valence-electron chi connectivity index (χ3n) is 3.22. The van der Waals surface area contributed by atoms with Gasteiger partial charge in [0.05, 0.1) is 0 Å². The lowest BCUT2D eigenvalue weighted by Gasteiger charge is -2.18. The molecule has 5 heteroatoms. The number of hydrogen-bond donors (Lipinski definition) is 0. The molecule has 0 radical (unpaired) electrons. The number of rotatable bonds is 5. The zero-order valence-electron chi connectivity index (χ0n) is 13.0. The minimum absolute atomic E-state index is 0.111. The van der Waals surface area contributed by atoms with Crippen LogP contribution in [0.2, 0.25) is 0 Å². The Bertz CT molecular complexity index is 621. The van der Waals surface area contributed by atoms with Crippen molar-refractivity contribution in [3.8, 4) is 10.6 Å². The predicted molar refractivity (Wildman–Crippen MR) is 87.6 cm³/mol. The molecular weight excluding hydrogens is 282 g/mol. The van der Waals surface area contributed by atoms with Crippen molar-refractivity contribution in [3.05, 3.63) is 29.8 Å². The summed E-state index contributed by atoms with van der Waals surface area (Å²) in [5.41, 5.74) is 2.24. The van der Waals surface area contributed by atoms with E-state index in [1.807, 2.05) is 39.0 Å². The summed E-state index contributed by atoms with van der Waals surface area (Å²) in [6.45, 7) is 8.73. The molecule has 0 fully saturated rings. The van der Waals surface area contributed by atoms with Crippen LogP contribution in [0.15, 0.2) is 24.3 Å². The summed E-state index contributed by atoms with van der Waals surface area (Å²) >= 11 is 1.47. The standard InChI is InChI=1S/C16H21N3OS/c1-5-19(14(20)10-11(2)3)16-18-17-15(21-16)13-9-7-6-8-12(13)4/h6-9,11H,5,10H2,1-4H3. The Balaban J connectivity index is 2.26. The SMILES string of the molecule is CCN(C(=O)CC(C)C)c1nnc(-c2ccccc2C)s1. The molecule has 112 valence electrons. The van der Waals surface area contributed by atoms with E-state index in [1.54, 1.807) is 4.90 Å². The van der Waals surface area contributed by atoms with Crippen LogP contribution in [0.5, 0.6) is 0 Å². The molecule has 2 rings (SSSR count). The molecule has 0 aliphatic carbocycles. The lowest BCUT2D eigenvalue weighted by molar-refractivity contribution is -0.119. The average Bonchev–Trinajstić information content (AvgIpc) is 2.88. The van der Waals surface area contributed by atoms with Gasteiger partial charge in [-0.3, -0.25) is 9.69 Å². The largest absolute Gasteiger partial charge is 0.287 e. The fourth-order valence-corrected chi connectivity index (χ4v) is 3.14. The van der Waals surface area contributed by atoms with Crippen LogP contribution in [0, 0.1) is 12.8 Å². The van der Waals surface area contributed by atoms with Gasteiger partial charge in [-0.25, -0.2) is 0 Å². The van der Waals surface area contributed by atoms with Gasteiger partial charge in [0, 0.05) is 18.5 Å². The second-order valence-corrected chi connectivity index (χ2v) is 6.40. The Labute approximate surface area is 129 Å². The molecule has 1 amide bonds. The van der Waals surface area contributed by atoms with Crippen LogP contribution in [0.1, 0.15) is 32.8 Å². The molecule has 1 aromatic carbocycles. The van der Waals surface area contributed by atoms with Crippen LogP contribution < -0.4 is 4.90 Å². The monoisotopic (exact) mass is 303 g/mol. The Hall–Kier alpha value is -1.75. The van der Waals surface area contributed by atoms with Crippen LogP contribution in [0.4, 0.5) is 5.13 Å². The molecule has 0 unspecified atom stereocenters. The van der Waals surface area contributed by atoms with Crippen LogP contribution in [-0.4, -0.2) is 22.6 Å². The number of carbonyl (C=O) groups is 1. The molecule has 0 N–H and O–H groups in total. The summed E-state index contributed by atoms with van der Waals surface area (Å²) in [6, 6.07) is 8.08. The number of aromatic nitrogens is 2. The van der Waals surface area contributed by atoms with E-state index >= 15 is 0 Å². The zero-order chi connectivity index (χ0) is 15.4. The number of anilines is 1. The molecular formula is C16H21N3OS. The van der Waals surface area contributed by atoms with Gasteiger partial charge in [-0.1, -0.05) is 49.4 Å². The van der Waals surface area contributed by atoms with E-state index in [1.165, 1.54) is 11.3 Å². The zero-order valence-corrected chi connectivity index (χ0v) is 13.8. The van der Waals surface area contributed by atoms with Gasteiger partial charge in [-0.2, -0.15) is 0 Å². The third kappa shape index (κ3) is 3.67. The Kier molecular flexibility index (Phi) is 5.07. The Morgan fingerprint density at radius 2 is 2.00 bits per heavy atom. The average molecular weight is 303 g/mol. The van der Waals surface area contributed by atoms with Crippen molar-refractivity contribution in [2.24, 2.45) is 5.92 Å². The van der Waals surface area contributed by atoms with Gasteiger partial charge in [0.15, 0.2) is 0 Å². The van der Waals surface area contributed by atoms with Gasteiger partial charge in [0.1, 0.15) is 5.01 Å². The van der Waals surface area contributed by atoms with Crippen molar-refractivity contribution in [2.75, 3.05) is 11.4 Å². The van der Waals surface area contributed by atoms with E-state index in [0.29, 0.717) is 24.0 Å². The summed E-state index contributed by atoms with van der Waals surface area (Å²) < 4.78 is 0. The summed E-state index contributed by atoms with van der Waals surface area (Å²) in [7, 11) is 0. The van der Waals surface area contributed by atoms with E-state index in [9.17, 15) is 4.79 Å². The quantitative estimate of drug-likeness (QED) is 0.841. The highest BCUT2D eigenvalue weighted by molar-refractivity contribution is 7.18. The van der Waals surface area contributed by atoms with Crippen LogP contribution >= 0.6 is 11.3 Å². The molecule has 0 aliphatic heterocycles. The topological polar surface area (TPSA) is 46.1 Å². The highest BCUT2D eigenvalue weighted by Gasteiger charge is 2.20. The molecule has 21 heavy (non-hydrogen) atoms. The lowest BCUT2D eigenvalue weighted by Crippen LogP contribution is -2.31. The maximum absolute atomic E-state index is 12.3. The van der Waals surface area contributed by atoms with Crippen molar-refractivity contribution >= 4 is 22.4 Å². The normalized spacial score (nSPS) is 10.9. The summed E-state index contributed by atoms with van der Waals surface area (Å²) in [6.07, 6.45) is 0.535. The predicted octanol–water partition coefficient (Wildman–Crippen LogP) is 3.91. The van der Waals surface area contributed by atoms with Crippen molar-refractivity contribution in [3.63, 3.8) is 0 Å². The second kappa shape index (κ2) is 6.80. The van der Waals surface area contributed by atoms with Crippen molar-refractivity contribution in [1.29, 1.82) is 0 Å². The number of benzene rings is 1. The number of hydrogen-bond acceptors (Lipinski definition) is 4. The molecule has 0 saturated carbocycles. The molecule has 2 aromatic rings. The second-order valence-electron chi connectivity index (χ2n) is 5.44. The van der Waals surface area contributed by atoms with Crippen molar-refractivity contribution in [1.82, 2.24) is 10.2 Å². The van der Waals surface area contributed by atoms with Crippen molar-refractivity contribution in [2.45, 2.75) is 34.1 Å². The fraction of sp³-hybridized carbons (Fsp3) is 0.438. The van der Waals surface area contributed by atoms with Gasteiger partial charge in [0.2, 0.25) is 11.0 Å². The summed E-state index contributed by atoms with van der Waals surface area (Å²) in [4.78, 5) is 14.0. The Morgan fingerprint density at radius 1 is 1.29 bits per heavy atom. The maximum Gasteiger partial charge on any atom is 0.229 e. The first-order valence-electron chi connectivity index (χ1n) is 7.22. The minimum atomic E-state index is 0.111. The first-order chi connectivity index (χ1) is 10.0. The molecule has 0 saturated heterocycles. The van der Waals surface area contributed by atoms with E-state index in [4.69, 9.17) is 0 Å². The highest BCUT2D eigenvalue weighted by atomic mass is 32.1. The fourth-order valence-electron chi connectivity index (χ4n) is 2.12. The summed E-state index contributed by atoms with van der Waals surface area (Å²) in [5.74, 6) is 0.454. The van der Waals surface area contributed by atoms with E-state index in [2.05, 4.69) is 23.2 Å². The first kappa shape index (κ1) is 15.6. The first-order valence-corrected chi connectivity index (χ1v) is 8.04. The summed E-state index contributed by atoms with van der Waals surface area (Å²) in [5, 5.41) is 10.0. The minimum Gasteiger partial charge on any atom is -0.287 e. The smallest absolute Gasteiger partial charge is 0.229 e. The molecule has 1 aromatic heterocycles. The van der Waals surface area contributed by atoms with E-state index in [-0.39, 0.29) is 5.91 Å². The van der Waals surface area contributed by atoms with Gasteiger partial charge in [-0.15, -0.1) is 10.2 Å². The molecule has 0 atom stereocenters. The van der Waals surface area contributed by atoms with Gasteiger partial charge < -0.3 is 0 Å². The van der Waals surface area contributed by atoms with Gasteiger partial charge >= 0.3 is 0 Å². The maximum atomic E-state index is 12.3. The number of nitrogens with zero attached hydrogens (tertiary/aromatic N) is 3. The lowest BCUT2D eigenvalue weighted by atomic mass is 10.1. The molecule has 1 heterocycles. The number of carbonyl (C=O) groups excluding carboxylic acids is 1. The number of amides is 1. The van der Waals surface area contributed by atoms with Gasteiger partial charge in [-0.05, 0) is 25.3 Å². The van der Waals surface area contributed by atoms with E-state index < -0.39 is 0 Å². The Morgan fingerprint density at radius 3 is 2.62 bits per heavy atom.